The smallest absolute Gasteiger partial charge is 0.0946 e. The summed E-state index contributed by atoms with van der Waals surface area (Å²) in [5.74, 6) is 0. The maximum absolute atomic E-state index is 6.44. The lowest BCUT2D eigenvalue weighted by molar-refractivity contribution is 0.683. The average molecular weight is 522 g/mol. The molecule has 0 saturated carbocycles. The highest BCUT2D eigenvalue weighted by atomic mass is 35.5. The van der Waals surface area contributed by atoms with E-state index in [0.29, 0.717) is 21.5 Å². The Balaban J connectivity index is 2.07. The molecule has 0 radical (unpaired) electrons. The van der Waals surface area contributed by atoms with Crippen molar-refractivity contribution in [2.45, 2.75) is 16.7 Å². The lowest BCUT2D eigenvalue weighted by atomic mass is 10.1. The van der Waals surface area contributed by atoms with E-state index in [4.69, 9.17) is 81.2 Å². The predicted molar refractivity (Wildman–Crippen MR) is 119 cm³/mol. The van der Waals surface area contributed by atoms with E-state index >= 15 is 0 Å². The first kappa shape index (κ1) is 21.7. The summed E-state index contributed by atoms with van der Waals surface area (Å²) in [6, 6.07) is 5.32. The summed E-state index contributed by atoms with van der Waals surface area (Å²) in [7, 11) is 0. The molecule has 1 aromatic heterocycles. The van der Waals surface area contributed by atoms with Crippen LogP contribution in [0.1, 0.15) is 10.8 Å². The molecule has 3 rings (SSSR count). The molecule has 3 aromatic rings. The molecule has 0 saturated heterocycles. The zero-order chi connectivity index (χ0) is 19.7. The van der Waals surface area contributed by atoms with Crippen LogP contribution in [0.3, 0.4) is 0 Å². The van der Waals surface area contributed by atoms with Crippen molar-refractivity contribution in [2.75, 3.05) is 0 Å². The van der Waals surface area contributed by atoms with Gasteiger partial charge in [0.25, 0.3) is 0 Å². The first-order valence-corrected chi connectivity index (χ1v) is 10.9. The standard InChI is InChI=1S/C17H9Cl7N2S/c18-8-1-2-9(10(19)5-8)11(6-26-4-3-25-7-26)27-17-15(23)13(21)12(20)14(22)16(17)24/h1-5,7,11H,6H2. The summed E-state index contributed by atoms with van der Waals surface area (Å²) >= 11 is 45.1. The van der Waals surface area contributed by atoms with Gasteiger partial charge < -0.3 is 4.57 Å². The number of benzene rings is 2. The SMILES string of the molecule is Clc1ccc(C(Cn2ccnc2)Sc2c(Cl)c(Cl)c(Cl)c(Cl)c2Cl)c(Cl)c1. The summed E-state index contributed by atoms with van der Waals surface area (Å²) in [6.07, 6.45) is 5.26. The van der Waals surface area contributed by atoms with Crippen molar-refractivity contribution in [3.63, 3.8) is 0 Å². The van der Waals surface area contributed by atoms with E-state index in [0.717, 1.165) is 5.56 Å². The molecule has 0 amide bonds. The fourth-order valence-corrected chi connectivity index (χ4v) is 5.78. The van der Waals surface area contributed by atoms with E-state index in [-0.39, 0.29) is 30.4 Å². The topological polar surface area (TPSA) is 17.8 Å². The van der Waals surface area contributed by atoms with Crippen LogP contribution in [0.2, 0.25) is 35.2 Å². The van der Waals surface area contributed by atoms with Gasteiger partial charge in [-0.2, -0.15) is 0 Å². The molecule has 1 heterocycles. The molecule has 0 aliphatic carbocycles. The molecule has 2 nitrogen and oxygen atoms in total. The van der Waals surface area contributed by atoms with Gasteiger partial charge in [-0.05, 0) is 17.7 Å². The average Bonchev–Trinajstić information content (AvgIpc) is 3.14. The third kappa shape index (κ3) is 4.79. The summed E-state index contributed by atoms with van der Waals surface area (Å²) in [5.41, 5.74) is 0.856. The lowest BCUT2D eigenvalue weighted by Crippen LogP contribution is -2.06. The van der Waals surface area contributed by atoms with E-state index in [1.165, 1.54) is 11.8 Å². The van der Waals surface area contributed by atoms with Crippen LogP contribution < -0.4 is 0 Å². The van der Waals surface area contributed by atoms with Crippen molar-refractivity contribution in [1.29, 1.82) is 0 Å². The predicted octanol–water partition coefficient (Wildman–Crippen LogP) is 8.99. The first-order valence-electron chi connectivity index (χ1n) is 7.38. The van der Waals surface area contributed by atoms with Crippen molar-refractivity contribution in [2.24, 2.45) is 0 Å². The zero-order valence-corrected chi connectivity index (χ0v) is 19.3. The number of rotatable bonds is 5. The number of nitrogens with zero attached hydrogens (tertiary/aromatic N) is 2. The summed E-state index contributed by atoms with van der Waals surface area (Å²) < 4.78 is 1.92. The molecule has 0 aliphatic rings. The number of thioether (sulfide) groups is 1. The minimum absolute atomic E-state index is 0.119. The highest BCUT2D eigenvalue weighted by Gasteiger charge is 2.25. The second-order valence-corrected chi connectivity index (χ2v) is 9.38. The van der Waals surface area contributed by atoms with Gasteiger partial charge >= 0.3 is 0 Å². The third-order valence-electron chi connectivity index (χ3n) is 3.67. The fraction of sp³-hybridized carbons (Fsp3) is 0.118. The zero-order valence-electron chi connectivity index (χ0n) is 13.2. The number of imidazole rings is 1. The Morgan fingerprint density at radius 1 is 0.889 bits per heavy atom. The van der Waals surface area contributed by atoms with Gasteiger partial charge in [-0.3, -0.25) is 0 Å². The molecule has 27 heavy (non-hydrogen) atoms. The third-order valence-corrected chi connectivity index (χ3v) is 8.07. The molecule has 0 N–H and O–H groups in total. The van der Waals surface area contributed by atoms with Crippen LogP contribution in [0, 0.1) is 0 Å². The van der Waals surface area contributed by atoms with Crippen LogP contribution in [0.5, 0.6) is 0 Å². The van der Waals surface area contributed by atoms with E-state index in [9.17, 15) is 0 Å². The monoisotopic (exact) mass is 518 g/mol. The van der Waals surface area contributed by atoms with Gasteiger partial charge in [0.05, 0.1) is 36.7 Å². The Bertz CT molecular complexity index is 947. The molecule has 1 unspecified atom stereocenters. The van der Waals surface area contributed by atoms with Crippen LogP contribution in [0.15, 0.2) is 41.8 Å². The highest BCUT2D eigenvalue weighted by molar-refractivity contribution is 7.99. The van der Waals surface area contributed by atoms with Crippen molar-refractivity contribution in [3.05, 3.63) is 77.6 Å². The molecule has 142 valence electrons. The van der Waals surface area contributed by atoms with Crippen molar-refractivity contribution >= 4 is 93.0 Å². The van der Waals surface area contributed by atoms with E-state index in [1.54, 1.807) is 24.7 Å². The second-order valence-electron chi connectivity index (χ2n) is 5.43. The van der Waals surface area contributed by atoms with E-state index in [1.807, 2.05) is 16.8 Å². The molecule has 2 aromatic carbocycles. The molecule has 0 fully saturated rings. The summed E-state index contributed by atoms with van der Waals surface area (Å²) in [5, 5.41) is 1.80. The van der Waals surface area contributed by atoms with Crippen LogP contribution in [-0.4, -0.2) is 9.55 Å². The normalized spacial score (nSPS) is 12.4. The molecule has 10 heteroatoms. The Labute approximate surface area is 195 Å². The fourth-order valence-electron chi connectivity index (χ4n) is 2.38. The largest absolute Gasteiger partial charge is 0.336 e. The van der Waals surface area contributed by atoms with Gasteiger partial charge in [-0.15, -0.1) is 11.8 Å². The second kappa shape index (κ2) is 9.23. The molecule has 0 spiro atoms. The highest BCUT2D eigenvalue weighted by Crippen LogP contribution is 2.52. The van der Waals surface area contributed by atoms with Gasteiger partial charge in [0, 0.05) is 33.9 Å². The van der Waals surface area contributed by atoms with Gasteiger partial charge in [0.15, 0.2) is 0 Å². The molecular formula is C17H9Cl7N2S. The van der Waals surface area contributed by atoms with Gasteiger partial charge in [0.1, 0.15) is 0 Å². The molecular weight excluding hydrogens is 512 g/mol. The van der Waals surface area contributed by atoms with Gasteiger partial charge in [-0.1, -0.05) is 87.3 Å². The van der Waals surface area contributed by atoms with Gasteiger partial charge in [0.2, 0.25) is 0 Å². The quantitative estimate of drug-likeness (QED) is 0.189. The van der Waals surface area contributed by atoms with E-state index in [2.05, 4.69) is 4.98 Å². The minimum atomic E-state index is -0.174. The van der Waals surface area contributed by atoms with Crippen molar-refractivity contribution in [3.8, 4) is 0 Å². The maximum atomic E-state index is 6.44. The first-order chi connectivity index (χ1) is 12.8. The summed E-state index contributed by atoms with van der Waals surface area (Å²) in [6.45, 7) is 0.552. The Morgan fingerprint density at radius 2 is 1.52 bits per heavy atom. The van der Waals surface area contributed by atoms with Crippen LogP contribution in [0.25, 0.3) is 0 Å². The van der Waals surface area contributed by atoms with E-state index < -0.39 is 0 Å². The molecule has 0 aliphatic heterocycles. The number of hydrogen-bond acceptors (Lipinski definition) is 2. The maximum Gasteiger partial charge on any atom is 0.0946 e. The Hall–Kier alpha value is 0.0300. The van der Waals surface area contributed by atoms with Crippen molar-refractivity contribution in [1.82, 2.24) is 9.55 Å². The van der Waals surface area contributed by atoms with Crippen LogP contribution in [0.4, 0.5) is 0 Å². The summed E-state index contributed by atoms with van der Waals surface area (Å²) in [4.78, 5) is 4.60. The lowest BCUT2D eigenvalue weighted by Gasteiger charge is -2.21. The van der Waals surface area contributed by atoms with Crippen LogP contribution >= 0.6 is 93.0 Å². The Kier molecular flexibility index (Phi) is 7.43. The van der Waals surface area contributed by atoms with Crippen molar-refractivity contribution < 1.29 is 0 Å². The number of hydrogen-bond donors (Lipinski definition) is 0. The molecule has 1 atom stereocenters. The number of aromatic nitrogens is 2. The van der Waals surface area contributed by atoms with Crippen LogP contribution in [-0.2, 0) is 6.54 Å². The minimum Gasteiger partial charge on any atom is -0.336 e. The number of halogens is 7. The Morgan fingerprint density at radius 3 is 2.07 bits per heavy atom. The molecule has 0 bridgehead atoms. The van der Waals surface area contributed by atoms with Gasteiger partial charge in [-0.25, -0.2) is 4.98 Å².